The summed E-state index contributed by atoms with van der Waals surface area (Å²) in [5.41, 5.74) is 11.7. The third-order valence-corrected chi connectivity index (χ3v) is 8.80. The molecule has 7 aromatic rings. The van der Waals surface area contributed by atoms with Crippen LogP contribution in [0, 0.1) is 11.3 Å². The van der Waals surface area contributed by atoms with Crippen molar-refractivity contribution < 1.29 is 0 Å². The molecule has 3 heteroatoms. The first-order valence-corrected chi connectivity index (χ1v) is 15.1. The number of aromatic nitrogens is 2. The Bertz CT molecular complexity index is 2100. The van der Waals surface area contributed by atoms with Crippen molar-refractivity contribution in [1.29, 1.82) is 5.26 Å². The molecule has 6 aromatic carbocycles. The maximum atomic E-state index is 9.97. The smallest absolute Gasteiger partial charge is 0.160 e. The standard InChI is InChI=1S/C42H27N3/c43-28-29-21-23-35-36-24-22-32(40-27-39(30-13-5-1-6-14-30)44-41(45-40)31-15-7-2-8-16-31)26-38(36)42(37(35)25-29,33-17-9-3-10-18-33)34-19-11-4-12-20-34/h1-27H. The van der Waals surface area contributed by atoms with E-state index in [0.717, 1.165) is 55.9 Å². The van der Waals surface area contributed by atoms with Crippen molar-refractivity contribution in [2.75, 3.05) is 0 Å². The van der Waals surface area contributed by atoms with E-state index < -0.39 is 5.41 Å². The predicted octanol–water partition coefficient (Wildman–Crippen LogP) is 9.71. The number of hydrogen-bond acceptors (Lipinski definition) is 3. The first-order valence-electron chi connectivity index (χ1n) is 15.1. The molecule has 0 saturated carbocycles. The number of fused-ring (bicyclic) bond motifs is 3. The van der Waals surface area contributed by atoms with Crippen LogP contribution in [0.2, 0.25) is 0 Å². The highest BCUT2D eigenvalue weighted by Crippen LogP contribution is 2.56. The quantitative estimate of drug-likeness (QED) is 0.206. The second-order valence-corrected chi connectivity index (χ2v) is 11.3. The average molecular weight is 574 g/mol. The van der Waals surface area contributed by atoms with Gasteiger partial charge in [-0.05, 0) is 57.6 Å². The van der Waals surface area contributed by atoms with E-state index in [4.69, 9.17) is 9.97 Å². The highest BCUT2D eigenvalue weighted by Gasteiger charge is 2.46. The lowest BCUT2D eigenvalue weighted by Crippen LogP contribution is -2.28. The predicted molar refractivity (Wildman–Crippen MR) is 180 cm³/mol. The lowest BCUT2D eigenvalue weighted by atomic mass is 9.67. The molecule has 45 heavy (non-hydrogen) atoms. The Balaban J connectivity index is 1.42. The summed E-state index contributed by atoms with van der Waals surface area (Å²) in [6.07, 6.45) is 0. The molecule has 1 aromatic heterocycles. The summed E-state index contributed by atoms with van der Waals surface area (Å²) in [5, 5.41) is 9.97. The molecule has 0 bridgehead atoms. The number of rotatable bonds is 5. The molecule has 0 atom stereocenters. The van der Waals surface area contributed by atoms with E-state index in [2.05, 4.69) is 127 Å². The van der Waals surface area contributed by atoms with Crippen molar-refractivity contribution in [3.63, 3.8) is 0 Å². The molecule has 0 fully saturated rings. The van der Waals surface area contributed by atoms with Gasteiger partial charge in [0.1, 0.15) is 0 Å². The summed E-state index contributed by atoms with van der Waals surface area (Å²) < 4.78 is 0. The van der Waals surface area contributed by atoms with Crippen molar-refractivity contribution >= 4 is 0 Å². The number of nitrogens with zero attached hydrogens (tertiary/aromatic N) is 3. The fraction of sp³-hybridized carbons (Fsp3) is 0.0238. The van der Waals surface area contributed by atoms with Crippen LogP contribution in [0.3, 0.4) is 0 Å². The Morgan fingerprint density at radius 1 is 0.444 bits per heavy atom. The van der Waals surface area contributed by atoms with Crippen LogP contribution in [0.25, 0.3) is 45.0 Å². The van der Waals surface area contributed by atoms with Crippen LogP contribution in [0.4, 0.5) is 0 Å². The fourth-order valence-electron chi connectivity index (χ4n) is 6.79. The Kier molecular flexibility index (Phi) is 6.40. The van der Waals surface area contributed by atoms with Gasteiger partial charge in [0, 0.05) is 16.7 Å². The zero-order chi connectivity index (χ0) is 30.2. The molecular formula is C42H27N3. The van der Waals surface area contributed by atoms with Crippen molar-refractivity contribution in [1.82, 2.24) is 9.97 Å². The maximum absolute atomic E-state index is 9.97. The average Bonchev–Trinajstić information content (AvgIpc) is 3.42. The minimum atomic E-state index is -0.617. The van der Waals surface area contributed by atoms with Crippen LogP contribution in [0.1, 0.15) is 27.8 Å². The molecule has 0 spiro atoms. The zero-order valence-electron chi connectivity index (χ0n) is 24.4. The van der Waals surface area contributed by atoms with Crippen LogP contribution in [0.5, 0.6) is 0 Å². The molecule has 1 aliphatic carbocycles. The van der Waals surface area contributed by atoms with Gasteiger partial charge >= 0.3 is 0 Å². The van der Waals surface area contributed by atoms with Gasteiger partial charge in [-0.3, -0.25) is 0 Å². The molecule has 0 radical (unpaired) electrons. The number of hydrogen-bond donors (Lipinski definition) is 0. The Morgan fingerprint density at radius 2 is 0.933 bits per heavy atom. The number of benzene rings is 6. The van der Waals surface area contributed by atoms with Gasteiger partial charge in [-0.2, -0.15) is 5.26 Å². The van der Waals surface area contributed by atoms with Gasteiger partial charge in [0.05, 0.1) is 28.4 Å². The van der Waals surface area contributed by atoms with Crippen LogP contribution in [-0.4, -0.2) is 9.97 Å². The summed E-state index contributed by atoms with van der Waals surface area (Å²) >= 11 is 0. The summed E-state index contributed by atoms with van der Waals surface area (Å²) in [4.78, 5) is 10.1. The Hall–Kier alpha value is -6.11. The highest BCUT2D eigenvalue weighted by molar-refractivity contribution is 5.89. The minimum absolute atomic E-state index is 0.617. The van der Waals surface area contributed by atoms with E-state index in [1.54, 1.807) is 0 Å². The van der Waals surface area contributed by atoms with Gasteiger partial charge < -0.3 is 0 Å². The van der Waals surface area contributed by atoms with Crippen molar-refractivity contribution in [3.05, 3.63) is 192 Å². The largest absolute Gasteiger partial charge is 0.228 e. The summed E-state index contributed by atoms with van der Waals surface area (Å²) in [6.45, 7) is 0. The normalized spacial score (nSPS) is 12.6. The molecule has 210 valence electrons. The van der Waals surface area contributed by atoms with Crippen molar-refractivity contribution in [3.8, 4) is 51.1 Å². The molecule has 1 heterocycles. The van der Waals surface area contributed by atoms with E-state index in [0.29, 0.717) is 11.4 Å². The topological polar surface area (TPSA) is 49.6 Å². The van der Waals surface area contributed by atoms with Crippen LogP contribution >= 0.6 is 0 Å². The third kappa shape index (κ3) is 4.35. The second kappa shape index (κ2) is 10.9. The molecule has 0 aliphatic heterocycles. The van der Waals surface area contributed by atoms with E-state index in [1.165, 1.54) is 5.56 Å². The van der Waals surface area contributed by atoms with E-state index in [9.17, 15) is 5.26 Å². The van der Waals surface area contributed by atoms with Gasteiger partial charge in [-0.25, -0.2) is 9.97 Å². The molecular weight excluding hydrogens is 546 g/mol. The Labute approximate surface area is 262 Å². The third-order valence-electron chi connectivity index (χ3n) is 8.80. The van der Waals surface area contributed by atoms with Crippen molar-refractivity contribution in [2.45, 2.75) is 5.41 Å². The molecule has 0 N–H and O–H groups in total. The molecule has 0 saturated heterocycles. The lowest BCUT2D eigenvalue weighted by Gasteiger charge is -2.34. The molecule has 1 aliphatic rings. The first-order chi connectivity index (χ1) is 22.3. The van der Waals surface area contributed by atoms with Crippen LogP contribution in [0.15, 0.2) is 164 Å². The van der Waals surface area contributed by atoms with Crippen LogP contribution < -0.4 is 0 Å². The summed E-state index contributed by atoms with van der Waals surface area (Å²) in [7, 11) is 0. The SMILES string of the molecule is N#Cc1ccc2c(c1)C(c1ccccc1)(c1ccccc1)c1cc(-c3cc(-c4ccccc4)nc(-c4ccccc4)n3)ccc1-2. The highest BCUT2D eigenvalue weighted by atomic mass is 14.9. The summed E-state index contributed by atoms with van der Waals surface area (Å²) in [5.74, 6) is 0.687. The van der Waals surface area contributed by atoms with E-state index in [-0.39, 0.29) is 0 Å². The van der Waals surface area contributed by atoms with Crippen LogP contribution in [-0.2, 0) is 5.41 Å². The Morgan fingerprint density at radius 3 is 1.51 bits per heavy atom. The van der Waals surface area contributed by atoms with Gasteiger partial charge in [-0.15, -0.1) is 0 Å². The van der Waals surface area contributed by atoms with Gasteiger partial charge in [0.25, 0.3) is 0 Å². The minimum Gasteiger partial charge on any atom is -0.228 e. The van der Waals surface area contributed by atoms with Gasteiger partial charge in [-0.1, -0.05) is 140 Å². The molecule has 8 rings (SSSR count). The monoisotopic (exact) mass is 573 g/mol. The number of nitriles is 1. The lowest BCUT2D eigenvalue weighted by molar-refractivity contribution is 0.768. The molecule has 0 amide bonds. The molecule has 3 nitrogen and oxygen atoms in total. The second-order valence-electron chi connectivity index (χ2n) is 11.3. The van der Waals surface area contributed by atoms with Gasteiger partial charge in [0.2, 0.25) is 0 Å². The zero-order valence-corrected chi connectivity index (χ0v) is 24.4. The maximum Gasteiger partial charge on any atom is 0.160 e. The van der Waals surface area contributed by atoms with E-state index >= 15 is 0 Å². The van der Waals surface area contributed by atoms with Crippen molar-refractivity contribution in [2.24, 2.45) is 0 Å². The summed E-state index contributed by atoms with van der Waals surface area (Å²) in [6, 6.07) is 58.9. The van der Waals surface area contributed by atoms with Gasteiger partial charge in [0.15, 0.2) is 5.82 Å². The fourth-order valence-corrected chi connectivity index (χ4v) is 6.79. The van der Waals surface area contributed by atoms with E-state index in [1.807, 2.05) is 42.5 Å². The molecule has 0 unspecified atom stereocenters. The first kappa shape index (κ1) is 26.5.